The summed E-state index contributed by atoms with van der Waals surface area (Å²) >= 11 is 0. The monoisotopic (exact) mass is 375 g/mol. The van der Waals surface area contributed by atoms with Gasteiger partial charge in [0, 0.05) is 32.1 Å². The van der Waals surface area contributed by atoms with Crippen LogP contribution in [0.5, 0.6) is 0 Å². The maximum atomic E-state index is 12.5. The zero-order valence-electron chi connectivity index (χ0n) is 16.3. The van der Waals surface area contributed by atoms with E-state index in [1.165, 1.54) is 6.07 Å². The molecule has 2 atom stereocenters. The van der Waals surface area contributed by atoms with E-state index in [2.05, 4.69) is 27.1 Å². The molecular weight excluding hydrogens is 346 g/mol. The normalized spacial score (nSPS) is 20.6. The van der Waals surface area contributed by atoms with Crippen LogP contribution >= 0.6 is 0 Å². The number of anilines is 1. The van der Waals surface area contributed by atoms with Gasteiger partial charge in [0.2, 0.25) is 17.8 Å². The molecule has 2 aliphatic rings. The van der Waals surface area contributed by atoms with Crippen LogP contribution in [0.4, 0.5) is 5.95 Å². The van der Waals surface area contributed by atoms with Crippen LogP contribution in [0.1, 0.15) is 58.2 Å². The molecule has 2 saturated heterocycles. The van der Waals surface area contributed by atoms with Crippen molar-refractivity contribution < 1.29 is 9.59 Å². The fraction of sp³-hybridized carbons (Fsp3) is 0.684. The number of piperidine rings is 1. The van der Waals surface area contributed by atoms with Gasteiger partial charge in [-0.15, -0.1) is 0 Å². The lowest BCUT2D eigenvalue weighted by molar-refractivity contribution is -0.137. The van der Waals surface area contributed by atoms with Crippen molar-refractivity contribution in [2.45, 2.75) is 58.5 Å². The Balaban J connectivity index is 1.69. The molecule has 1 aromatic rings. The molecule has 1 aromatic heterocycles. The Kier molecular flexibility index (Phi) is 5.82. The first-order valence-corrected chi connectivity index (χ1v) is 9.81. The van der Waals surface area contributed by atoms with E-state index in [0.29, 0.717) is 30.5 Å². The van der Waals surface area contributed by atoms with E-state index >= 15 is 0 Å². The molecule has 3 heterocycles. The maximum absolute atomic E-state index is 12.5. The molecule has 0 spiro atoms. The Labute approximate surface area is 159 Å². The fourth-order valence-corrected chi connectivity index (χ4v) is 3.68. The van der Waals surface area contributed by atoms with E-state index in [1.54, 1.807) is 18.7 Å². The quantitative estimate of drug-likeness (QED) is 0.806. The van der Waals surface area contributed by atoms with E-state index in [0.717, 1.165) is 32.4 Å². The number of hydrogen-bond donors (Lipinski definition) is 2. The van der Waals surface area contributed by atoms with Gasteiger partial charge in [-0.05, 0) is 39.0 Å². The average molecular weight is 375 g/mol. The first-order chi connectivity index (χ1) is 12.8. The van der Waals surface area contributed by atoms with Crippen molar-refractivity contribution in [3.05, 3.63) is 22.1 Å². The summed E-state index contributed by atoms with van der Waals surface area (Å²) in [6.45, 7) is 8.11. The summed E-state index contributed by atoms with van der Waals surface area (Å²) in [6.07, 6.45) is 3.43. The second-order valence-electron chi connectivity index (χ2n) is 7.76. The van der Waals surface area contributed by atoms with Crippen LogP contribution in [0.15, 0.2) is 10.9 Å². The fourth-order valence-electron chi connectivity index (χ4n) is 3.68. The summed E-state index contributed by atoms with van der Waals surface area (Å²) in [7, 11) is 0. The number of aromatic amines is 1. The third kappa shape index (κ3) is 4.48. The molecule has 8 nitrogen and oxygen atoms in total. The summed E-state index contributed by atoms with van der Waals surface area (Å²) in [5.41, 5.74) is 0.304. The predicted octanol–water partition coefficient (Wildman–Crippen LogP) is 1.19. The number of rotatable bonds is 5. The molecule has 0 saturated carbocycles. The number of aromatic nitrogens is 2. The zero-order valence-corrected chi connectivity index (χ0v) is 16.3. The molecule has 2 N–H and O–H groups in total. The summed E-state index contributed by atoms with van der Waals surface area (Å²) in [4.78, 5) is 47.6. The summed E-state index contributed by atoms with van der Waals surface area (Å²) in [6, 6.07) is 0.488. The highest BCUT2D eigenvalue weighted by molar-refractivity contribution is 5.88. The van der Waals surface area contributed by atoms with Crippen molar-refractivity contribution in [2.24, 2.45) is 5.92 Å². The third-order valence-electron chi connectivity index (χ3n) is 5.59. The lowest BCUT2D eigenvalue weighted by Gasteiger charge is -2.31. The van der Waals surface area contributed by atoms with Gasteiger partial charge in [0.15, 0.2) is 0 Å². The zero-order chi connectivity index (χ0) is 19.6. The Morgan fingerprint density at radius 1 is 1.26 bits per heavy atom. The average Bonchev–Trinajstić information content (AvgIpc) is 3.07. The topological polar surface area (TPSA) is 98.4 Å². The van der Waals surface area contributed by atoms with Crippen LogP contribution in [-0.2, 0) is 9.59 Å². The van der Waals surface area contributed by atoms with Crippen molar-refractivity contribution in [2.75, 3.05) is 24.5 Å². The molecular formula is C19H29N5O3. The Morgan fingerprint density at radius 2 is 1.96 bits per heavy atom. The van der Waals surface area contributed by atoms with Gasteiger partial charge in [-0.25, -0.2) is 4.98 Å². The smallest absolute Gasteiger partial charge is 0.252 e. The summed E-state index contributed by atoms with van der Waals surface area (Å²) < 4.78 is 0. The van der Waals surface area contributed by atoms with Gasteiger partial charge in [-0.2, -0.15) is 0 Å². The molecule has 2 fully saturated rings. The number of likely N-dealkylation sites (tertiary alicyclic amines) is 1. The van der Waals surface area contributed by atoms with Crippen molar-refractivity contribution in [3.8, 4) is 0 Å². The molecule has 0 radical (unpaired) electrons. The minimum absolute atomic E-state index is 0.0150. The molecule has 0 aliphatic carbocycles. The van der Waals surface area contributed by atoms with Gasteiger partial charge in [-0.1, -0.05) is 6.92 Å². The molecule has 2 amide bonds. The number of carbonyl (C=O) groups is 2. The highest BCUT2D eigenvalue weighted by atomic mass is 16.2. The molecule has 0 aromatic carbocycles. The Hall–Kier alpha value is -2.38. The molecule has 27 heavy (non-hydrogen) atoms. The van der Waals surface area contributed by atoms with Gasteiger partial charge in [0.25, 0.3) is 5.56 Å². The molecule has 148 valence electrons. The highest BCUT2D eigenvalue weighted by Crippen LogP contribution is 2.20. The van der Waals surface area contributed by atoms with Crippen LogP contribution in [0, 0.1) is 5.92 Å². The van der Waals surface area contributed by atoms with Crippen LogP contribution in [0.3, 0.4) is 0 Å². The Morgan fingerprint density at radius 3 is 2.59 bits per heavy atom. The van der Waals surface area contributed by atoms with E-state index in [1.807, 2.05) is 0 Å². The summed E-state index contributed by atoms with van der Waals surface area (Å²) in [5, 5.41) is 2.89. The number of nitrogens with zero attached hydrogens (tertiary/aromatic N) is 3. The second kappa shape index (κ2) is 8.10. The largest absolute Gasteiger partial charge is 0.346 e. The van der Waals surface area contributed by atoms with Crippen molar-refractivity contribution >= 4 is 17.8 Å². The van der Waals surface area contributed by atoms with E-state index in [9.17, 15) is 14.4 Å². The lowest BCUT2D eigenvalue weighted by Crippen LogP contribution is -2.46. The van der Waals surface area contributed by atoms with Gasteiger partial charge in [0.1, 0.15) is 6.04 Å². The van der Waals surface area contributed by atoms with Gasteiger partial charge < -0.3 is 15.1 Å². The number of amides is 2. The van der Waals surface area contributed by atoms with Crippen LogP contribution in [0.25, 0.3) is 0 Å². The lowest BCUT2D eigenvalue weighted by atomic mass is 10.00. The van der Waals surface area contributed by atoms with Gasteiger partial charge >= 0.3 is 0 Å². The SMILES string of the molecule is CC1CCN(c2nc(C(C)NC(=O)C(C)N3CCCC3=O)cc(=O)[nH]2)CC1. The summed E-state index contributed by atoms with van der Waals surface area (Å²) in [5.74, 6) is 1.03. The molecule has 3 rings (SSSR count). The van der Waals surface area contributed by atoms with Gasteiger partial charge in [-0.3, -0.25) is 19.4 Å². The maximum Gasteiger partial charge on any atom is 0.252 e. The Bertz CT molecular complexity index is 754. The minimum atomic E-state index is -0.521. The number of nitrogens with one attached hydrogen (secondary N) is 2. The van der Waals surface area contributed by atoms with E-state index in [-0.39, 0.29) is 17.4 Å². The van der Waals surface area contributed by atoms with Crippen molar-refractivity contribution in [1.29, 1.82) is 0 Å². The number of H-pyrrole nitrogens is 1. The molecule has 2 aliphatic heterocycles. The predicted molar refractivity (Wildman–Crippen MR) is 102 cm³/mol. The standard InChI is InChI=1S/C19H29N5O3/c1-12-6-9-23(10-7-12)19-21-15(11-16(25)22-19)13(2)20-18(27)14(3)24-8-4-5-17(24)26/h11-14H,4-10H2,1-3H3,(H,20,27)(H,21,22,25). The van der Waals surface area contributed by atoms with Crippen molar-refractivity contribution in [3.63, 3.8) is 0 Å². The highest BCUT2D eigenvalue weighted by Gasteiger charge is 2.30. The van der Waals surface area contributed by atoms with E-state index in [4.69, 9.17) is 0 Å². The van der Waals surface area contributed by atoms with Crippen LogP contribution < -0.4 is 15.8 Å². The second-order valence-corrected chi connectivity index (χ2v) is 7.76. The first kappa shape index (κ1) is 19.4. The number of hydrogen-bond acceptors (Lipinski definition) is 5. The van der Waals surface area contributed by atoms with Crippen LogP contribution in [0.2, 0.25) is 0 Å². The van der Waals surface area contributed by atoms with Crippen LogP contribution in [-0.4, -0.2) is 52.4 Å². The number of carbonyl (C=O) groups excluding carboxylic acids is 2. The van der Waals surface area contributed by atoms with E-state index < -0.39 is 12.1 Å². The first-order valence-electron chi connectivity index (χ1n) is 9.81. The molecule has 2 unspecified atom stereocenters. The minimum Gasteiger partial charge on any atom is -0.346 e. The molecule has 0 bridgehead atoms. The van der Waals surface area contributed by atoms with Gasteiger partial charge in [0.05, 0.1) is 11.7 Å². The third-order valence-corrected chi connectivity index (χ3v) is 5.59. The van der Waals surface area contributed by atoms with Crippen molar-refractivity contribution in [1.82, 2.24) is 20.2 Å². The molecule has 8 heteroatoms.